The van der Waals surface area contributed by atoms with Gasteiger partial charge < -0.3 is 15.7 Å². The van der Waals surface area contributed by atoms with Crippen LogP contribution in [0.25, 0.3) is 0 Å². The van der Waals surface area contributed by atoms with Gasteiger partial charge in [-0.1, -0.05) is 0 Å². The lowest BCUT2D eigenvalue weighted by atomic mass is 10.1. The number of hydrogen-bond acceptors (Lipinski definition) is 4. The van der Waals surface area contributed by atoms with Crippen molar-refractivity contribution in [2.75, 3.05) is 20.1 Å². The fraction of sp³-hybridized carbons (Fsp3) is 0.571. The van der Waals surface area contributed by atoms with Gasteiger partial charge in [0.25, 0.3) is 0 Å². The molecule has 0 saturated carbocycles. The molecule has 3 N–H and O–H groups in total. The molecule has 3 amide bonds. The van der Waals surface area contributed by atoms with Gasteiger partial charge in [0.2, 0.25) is 5.91 Å². The second-order valence-electron chi connectivity index (χ2n) is 3.09. The molecule has 1 rings (SSSR count). The van der Waals surface area contributed by atoms with Crippen LogP contribution in [0.15, 0.2) is 0 Å². The minimum absolute atomic E-state index is 0.154. The number of aliphatic carboxylic acids is 1. The molecule has 14 heavy (non-hydrogen) atoms. The standard InChI is InChI=1S/C7H11N3O4/c1-9(3-5(11)12)7(14)10-2-4(8)6(10)13/h4H,2-3,8H2,1H3,(H,11,12)/t4-/m0/s1. The first kappa shape index (κ1) is 10.5. The van der Waals surface area contributed by atoms with Crippen LogP contribution in [0.1, 0.15) is 0 Å². The maximum atomic E-state index is 11.3. The number of likely N-dealkylation sites (N-methyl/N-ethyl adjacent to an activating group) is 1. The summed E-state index contributed by atoms with van der Waals surface area (Å²) in [6.45, 7) is -0.278. The number of β-lactam (4-membered cyclic amide) rings is 1. The molecule has 0 bridgehead atoms. The smallest absolute Gasteiger partial charge is 0.327 e. The summed E-state index contributed by atoms with van der Waals surface area (Å²) in [5.41, 5.74) is 5.27. The Balaban J connectivity index is 2.50. The number of likely N-dealkylation sites (tertiary alicyclic amines) is 1. The van der Waals surface area contributed by atoms with E-state index in [0.29, 0.717) is 0 Å². The van der Waals surface area contributed by atoms with Crippen LogP contribution in [-0.2, 0) is 9.59 Å². The zero-order valence-electron chi connectivity index (χ0n) is 7.64. The van der Waals surface area contributed by atoms with E-state index in [1.807, 2.05) is 0 Å². The van der Waals surface area contributed by atoms with E-state index in [2.05, 4.69) is 0 Å². The van der Waals surface area contributed by atoms with E-state index in [1.165, 1.54) is 7.05 Å². The monoisotopic (exact) mass is 201 g/mol. The zero-order valence-corrected chi connectivity index (χ0v) is 7.64. The van der Waals surface area contributed by atoms with Crippen LogP contribution >= 0.6 is 0 Å². The molecular formula is C7H11N3O4. The Hall–Kier alpha value is -1.63. The van der Waals surface area contributed by atoms with Gasteiger partial charge >= 0.3 is 12.0 Å². The number of rotatable bonds is 2. The van der Waals surface area contributed by atoms with Gasteiger partial charge in [-0.15, -0.1) is 0 Å². The first-order chi connectivity index (χ1) is 6.43. The summed E-state index contributed by atoms with van der Waals surface area (Å²) in [5.74, 6) is -1.59. The summed E-state index contributed by atoms with van der Waals surface area (Å²) >= 11 is 0. The predicted molar refractivity (Wildman–Crippen MR) is 45.4 cm³/mol. The van der Waals surface area contributed by atoms with E-state index in [-0.39, 0.29) is 6.54 Å². The van der Waals surface area contributed by atoms with Gasteiger partial charge in [-0.25, -0.2) is 4.79 Å². The molecule has 0 unspecified atom stereocenters. The fourth-order valence-corrected chi connectivity index (χ4v) is 1.10. The van der Waals surface area contributed by atoms with Gasteiger partial charge in [-0.2, -0.15) is 0 Å². The van der Waals surface area contributed by atoms with Crippen molar-refractivity contribution < 1.29 is 19.5 Å². The topological polar surface area (TPSA) is 104 Å². The van der Waals surface area contributed by atoms with Crippen molar-refractivity contribution >= 4 is 17.9 Å². The van der Waals surface area contributed by atoms with Crippen LogP contribution in [-0.4, -0.2) is 59.0 Å². The molecular weight excluding hydrogens is 190 g/mol. The quantitative estimate of drug-likeness (QED) is 0.518. The molecule has 7 nitrogen and oxygen atoms in total. The minimum Gasteiger partial charge on any atom is -0.480 e. The maximum Gasteiger partial charge on any atom is 0.327 e. The lowest BCUT2D eigenvalue weighted by Gasteiger charge is -2.36. The number of urea groups is 1. The largest absolute Gasteiger partial charge is 0.480 e. The molecule has 1 aliphatic heterocycles. The highest BCUT2D eigenvalue weighted by molar-refractivity contribution is 6.02. The third-order valence-corrected chi connectivity index (χ3v) is 1.89. The summed E-state index contributed by atoms with van der Waals surface area (Å²) < 4.78 is 0. The lowest BCUT2D eigenvalue weighted by Crippen LogP contribution is -2.65. The van der Waals surface area contributed by atoms with Gasteiger partial charge in [-0.05, 0) is 0 Å². The van der Waals surface area contributed by atoms with Crippen LogP contribution in [0.5, 0.6) is 0 Å². The molecule has 1 heterocycles. The first-order valence-electron chi connectivity index (χ1n) is 3.97. The number of carbonyl (C=O) groups is 3. The Bertz CT molecular complexity index is 291. The second-order valence-corrected chi connectivity index (χ2v) is 3.09. The summed E-state index contributed by atoms with van der Waals surface area (Å²) in [6.07, 6.45) is 0. The molecule has 1 atom stereocenters. The van der Waals surface area contributed by atoms with E-state index < -0.39 is 30.5 Å². The molecule has 78 valence electrons. The normalized spacial score (nSPS) is 20.3. The zero-order chi connectivity index (χ0) is 10.9. The Kier molecular flexibility index (Phi) is 2.70. The van der Waals surface area contributed by atoms with E-state index in [4.69, 9.17) is 10.8 Å². The molecule has 0 aliphatic carbocycles. The molecule has 0 spiro atoms. The molecule has 0 radical (unpaired) electrons. The number of amides is 3. The summed E-state index contributed by atoms with van der Waals surface area (Å²) in [4.78, 5) is 34.5. The fourth-order valence-electron chi connectivity index (χ4n) is 1.10. The SMILES string of the molecule is CN(CC(=O)O)C(=O)N1C[C@H](N)C1=O. The summed E-state index contributed by atoms with van der Waals surface area (Å²) in [5, 5.41) is 8.40. The number of carboxylic acid groups (broad SMARTS) is 1. The van der Waals surface area contributed by atoms with Crippen LogP contribution in [0, 0.1) is 0 Å². The van der Waals surface area contributed by atoms with Crippen molar-refractivity contribution in [1.82, 2.24) is 9.80 Å². The molecule has 0 aromatic carbocycles. The maximum absolute atomic E-state index is 11.3. The number of nitrogens with two attached hydrogens (primary N) is 1. The van der Waals surface area contributed by atoms with E-state index >= 15 is 0 Å². The summed E-state index contributed by atoms with van der Waals surface area (Å²) in [6, 6.07) is -1.25. The van der Waals surface area contributed by atoms with Crippen LogP contribution < -0.4 is 5.73 Å². The lowest BCUT2D eigenvalue weighted by molar-refractivity contribution is -0.141. The Morgan fingerprint density at radius 2 is 2.29 bits per heavy atom. The van der Waals surface area contributed by atoms with Crippen LogP contribution in [0.3, 0.4) is 0 Å². The Morgan fingerprint density at radius 1 is 1.71 bits per heavy atom. The molecule has 1 fully saturated rings. The van der Waals surface area contributed by atoms with Crippen molar-refractivity contribution in [2.45, 2.75) is 6.04 Å². The second kappa shape index (κ2) is 3.62. The highest BCUT2D eigenvalue weighted by Crippen LogP contribution is 2.10. The van der Waals surface area contributed by atoms with Gasteiger partial charge in [0, 0.05) is 7.05 Å². The molecule has 1 aliphatic rings. The molecule has 7 heteroatoms. The molecule has 0 aromatic rings. The number of nitrogens with zero attached hydrogens (tertiary/aromatic N) is 2. The Labute approximate surface area is 80.1 Å². The highest BCUT2D eigenvalue weighted by Gasteiger charge is 2.39. The van der Waals surface area contributed by atoms with Crippen molar-refractivity contribution in [3.05, 3.63) is 0 Å². The van der Waals surface area contributed by atoms with Crippen LogP contribution in [0.4, 0.5) is 4.79 Å². The van der Waals surface area contributed by atoms with Gasteiger partial charge in [-0.3, -0.25) is 14.5 Å². The van der Waals surface area contributed by atoms with Gasteiger partial charge in [0.15, 0.2) is 0 Å². The Morgan fingerprint density at radius 3 is 2.64 bits per heavy atom. The number of hydrogen-bond donors (Lipinski definition) is 2. The van der Waals surface area contributed by atoms with Gasteiger partial charge in [0.1, 0.15) is 12.6 Å². The number of carboxylic acids is 1. The number of carbonyl (C=O) groups excluding carboxylic acids is 2. The average Bonchev–Trinajstić information content (AvgIpc) is 2.11. The van der Waals surface area contributed by atoms with Crippen molar-refractivity contribution in [1.29, 1.82) is 0 Å². The average molecular weight is 201 g/mol. The van der Waals surface area contributed by atoms with E-state index in [9.17, 15) is 14.4 Å². The minimum atomic E-state index is -1.13. The van der Waals surface area contributed by atoms with Crippen molar-refractivity contribution in [3.63, 3.8) is 0 Å². The number of imide groups is 1. The predicted octanol–water partition coefficient (Wildman–Crippen LogP) is -1.71. The highest BCUT2D eigenvalue weighted by atomic mass is 16.4. The third kappa shape index (κ3) is 1.82. The van der Waals surface area contributed by atoms with Crippen LogP contribution in [0.2, 0.25) is 0 Å². The van der Waals surface area contributed by atoms with E-state index in [0.717, 1.165) is 9.80 Å². The van der Waals surface area contributed by atoms with Gasteiger partial charge in [0.05, 0.1) is 6.54 Å². The van der Waals surface area contributed by atoms with Crippen molar-refractivity contribution in [3.8, 4) is 0 Å². The third-order valence-electron chi connectivity index (χ3n) is 1.89. The molecule has 1 saturated heterocycles. The molecule has 0 aromatic heterocycles. The van der Waals surface area contributed by atoms with Crippen molar-refractivity contribution in [2.24, 2.45) is 5.73 Å². The first-order valence-corrected chi connectivity index (χ1v) is 3.97. The van der Waals surface area contributed by atoms with E-state index in [1.54, 1.807) is 0 Å². The summed E-state index contributed by atoms with van der Waals surface area (Å²) in [7, 11) is 1.31.